The third-order valence-corrected chi connectivity index (χ3v) is 5.26. The first-order valence-electron chi connectivity index (χ1n) is 8.94. The molecule has 4 heteroatoms. The first-order valence-corrected chi connectivity index (χ1v) is 8.94. The summed E-state index contributed by atoms with van der Waals surface area (Å²) in [6, 6.07) is 20.5. The molecule has 2 aromatic rings. The molecule has 0 saturated carbocycles. The van der Waals surface area contributed by atoms with Gasteiger partial charge < -0.3 is 9.64 Å². The molecule has 2 saturated heterocycles. The molecule has 130 valence electrons. The number of amides is 1. The van der Waals surface area contributed by atoms with Crippen molar-refractivity contribution in [2.45, 2.75) is 13.0 Å². The van der Waals surface area contributed by atoms with Crippen LogP contribution < -0.4 is 4.90 Å². The Morgan fingerprint density at radius 3 is 2.44 bits per heavy atom. The third-order valence-electron chi connectivity index (χ3n) is 5.26. The van der Waals surface area contributed by atoms with Crippen LogP contribution in [0.25, 0.3) is 0 Å². The highest BCUT2D eigenvalue weighted by Gasteiger charge is 2.42. The standard InChI is InChI=1S/C21H24N2O2/c24-20-14-25-17-21(16-23(20)19-9-5-2-6-10-19)11-12-22(15-21)13-18-7-3-1-4-8-18/h1-10H,11-17H2. The predicted octanol–water partition coefficient (Wildman–Crippen LogP) is 2.94. The Bertz CT molecular complexity index is 719. The van der Waals surface area contributed by atoms with E-state index >= 15 is 0 Å². The average Bonchev–Trinajstić information content (AvgIpc) is 2.95. The molecule has 2 aromatic carbocycles. The van der Waals surface area contributed by atoms with Gasteiger partial charge in [-0.15, -0.1) is 0 Å². The lowest BCUT2D eigenvalue weighted by Crippen LogP contribution is -2.42. The van der Waals surface area contributed by atoms with Gasteiger partial charge in [-0.3, -0.25) is 9.69 Å². The fourth-order valence-electron chi connectivity index (χ4n) is 4.00. The highest BCUT2D eigenvalue weighted by atomic mass is 16.5. The SMILES string of the molecule is O=C1COCC2(CCN(Cc3ccccc3)C2)CN1c1ccccc1. The van der Waals surface area contributed by atoms with Crippen molar-refractivity contribution < 1.29 is 9.53 Å². The molecule has 1 atom stereocenters. The second-order valence-corrected chi connectivity index (χ2v) is 7.25. The zero-order valence-electron chi connectivity index (χ0n) is 14.4. The van der Waals surface area contributed by atoms with Gasteiger partial charge in [-0.2, -0.15) is 0 Å². The van der Waals surface area contributed by atoms with Crippen molar-refractivity contribution in [2.75, 3.05) is 37.7 Å². The summed E-state index contributed by atoms with van der Waals surface area (Å²) < 4.78 is 5.78. The van der Waals surface area contributed by atoms with Gasteiger partial charge in [-0.05, 0) is 30.7 Å². The first-order chi connectivity index (χ1) is 12.2. The van der Waals surface area contributed by atoms with Gasteiger partial charge in [0.05, 0.1) is 6.61 Å². The fraction of sp³-hybridized carbons (Fsp3) is 0.381. The maximum atomic E-state index is 12.5. The normalized spacial score (nSPS) is 24.6. The number of carbonyl (C=O) groups is 1. The number of hydrogen-bond acceptors (Lipinski definition) is 3. The van der Waals surface area contributed by atoms with Crippen LogP contribution in [0, 0.1) is 5.41 Å². The molecule has 2 aliphatic heterocycles. The number of carbonyl (C=O) groups excluding carboxylic acids is 1. The lowest BCUT2D eigenvalue weighted by atomic mass is 9.87. The molecule has 2 fully saturated rings. The first kappa shape index (κ1) is 16.3. The van der Waals surface area contributed by atoms with E-state index in [0.29, 0.717) is 6.61 Å². The van der Waals surface area contributed by atoms with E-state index in [9.17, 15) is 4.79 Å². The summed E-state index contributed by atoms with van der Waals surface area (Å²) in [6.07, 6.45) is 1.07. The molecule has 0 aromatic heterocycles. The molecule has 4 nitrogen and oxygen atoms in total. The van der Waals surface area contributed by atoms with Crippen molar-refractivity contribution >= 4 is 11.6 Å². The summed E-state index contributed by atoms with van der Waals surface area (Å²) in [5, 5.41) is 0. The summed E-state index contributed by atoms with van der Waals surface area (Å²) >= 11 is 0. The topological polar surface area (TPSA) is 32.8 Å². The Hall–Kier alpha value is -2.17. The van der Waals surface area contributed by atoms with Gasteiger partial charge in [-0.25, -0.2) is 0 Å². The summed E-state index contributed by atoms with van der Waals surface area (Å²) in [7, 11) is 0. The fourth-order valence-corrected chi connectivity index (χ4v) is 4.00. The number of hydrogen-bond donors (Lipinski definition) is 0. The van der Waals surface area contributed by atoms with Crippen LogP contribution in [0.3, 0.4) is 0 Å². The Kier molecular flexibility index (Phi) is 4.55. The van der Waals surface area contributed by atoms with Crippen molar-refractivity contribution in [3.05, 3.63) is 66.2 Å². The van der Waals surface area contributed by atoms with Crippen LogP contribution in [-0.2, 0) is 16.1 Å². The summed E-state index contributed by atoms with van der Waals surface area (Å²) in [4.78, 5) is 16.9. The van der Waals surface area contributed by atoms with Gasteiger partial charge in [0.2, 0.25) is 0 Å². The Labute approximate surface area is 149 Å². The van der Waals surface area contributed by atoms with Crippen LogP contribution in [0.1, 0.15) is 12.0 Å². The van der Waals surface area contributed by atoms with Crippen LogP contribution in [0.5, 0.6) is 0 Å². The Morgan fingerprint density at radius 1 is 0.960 bits per heavy atom. The van der Waals surface area contributed by atoms with Crippen LogP contribution in [0.15, 0.2) is 60.7 Å². The molecule has 1 spiro atoms. The highest BCUT2D eigenvalue weighted by Crippen LogP contribution is 2.35. The molecule has 0 bridgehead atoms. The van der Waals surface area contributed by atoms with Crippen molar-refractivity contribution in [2.24, 2.45) is 5.41 Å². The van der Waals surface area contributed by atoms with E-state index in [1.54, 1.807) is 0 Å². The van der Waals surface area contributed by atoms with Gasteiger partial charge in [0.15, 0.2) is 0 Å². The van der Waals surface area contributed by atoms with Gasteiger partial charge in [0, 0.05) is 30.7 Å². The van der Waals surface area contributed by atoms with Crippen molar-refractivity contribution in [1.29, 1.82) is 0 Å². The van der Waals surface area contributed by atoms with Crippen LogP contribution >= 0.6 is 0 Å². The molecule has 25 heavy (non-hydrogen) atoms. The molecule has 0 aliphatic carbocycles. The highest BCUT2D eigenvalue weighted by molar-refractivity contribution is 5.94. The minimum atomic E-state index is 0.0246. The average molecular weight is 336 g/mol. The number of nitrogens with zero attached hydrogens (tertiary/aromatic N) is 2. The third kappa shape index (κ3) is 3.60. The van der Waals surface area contributed by atoms with Crippen molar-refractivity contribution in [3.8, 4) is 0 Å². The van der Waals surface area contributed by atoms with Gasteiger partial charge >= 0.3 is 0 Å². The Morgan fingerprint density at radius 2 is 1.68 bits per heavy atom. The van der Waals surface area contributed by atoms with E-state index in [2.05, 4.69) is 35.2 Å². The second kappa shape index (κ2) is 6.98. The van der Waals surface area contributed by atoms with Crippen molar-refractivity contribution in [3.63, 3.8) is 0 Å². The summed E-state index contributed by atoms with van der Waals surface area (Å²) in [5.41, 5.74) is 2.33. The number of rotatable bonds is 3. The lowest BCUT2D eigenvalue weighted by molar-refractivity contribution is -0.122. The number of likely N-dealkylation sites (tertiary alicyclic amines) is 1. The molecule has 4 rings (SSSR count). The number of ether oxygens (including phenoxy) is 1. The predicted molar refractivity (Wildman–Crippen MR) is 98.4 cm³/mol. The van der Waals surface area contributed by atoms with Crippen LogP contribution in [0.2, 0.25) is 0 Å². The van der Waals surface area contributed by atoms with Crippen LogP contribution in [-0.4, -0.2) is 43.7 Å². The zero-order chi connectivity index (χ0) is 17.1. The van der Waals surface area contributed by atoms with E-state index in [4.69, 9.17) is 4.74 Å². The van der Waals surface area contributed by atoms with E-state index < -0.39 is 0 Å². The molecule has 2 aliphatic rings. The lowest BCUT2D eigenvalue weighted by Gasteiger charge is -2.32. The molecule has 2 heterocycles. The maximum Gasteiger partial charge on any atom is 0.252 e. The second-order valence-electron chi connectivity index (χ2n) is 7.25. The molecule has 0 N–H and O–H groups in total. The molecular weight excluding hydrogens is 312 g/mol. The summed E-state index contributed by atoms with van der Waals surface area (Å²) in [6.45, 7) is 4.55. The van der Waals surface area contributed by atoms with E-state index in [-0.39, 0.29) is 17.9 Å². The smallest absolute Gasteiger partial charge is 0.252 e. The minimum absolute atomic E-state index is 0.0246. The molecular formula is C21H24N2O2. The van der Waals surface area contributed by atoms with E-state index in [1.165, 1.54) is 5.56 Å². The molecule has 1 unspecified atom stereocenters. The van der Waals surface area contributed by atoms with Gasteiger partial charge in [0.1, 0.15) is 6.61 Å². The van der Waals surface area contributed by atoms with Gasteiger partial charge in [0.25, 0.3) is 5.91 Å². The van der Waals surface area contributed by atoms with E-state index in [0.717, 1.165) is 38.3 Å². The summed E-state index contributed by atoms with van der Waals surface area (Å²) in [5.74, 6) is 0.0598. The largest absolute Gasteiger partial charge is 0.371 e. The van der Waals surface area contributed by atoms with Gasteiger partial charge in [-0.1, -0.05) is 48.5 Å². The number of benzene rings is 2. The molecule has 0 radical (unpaired) electrons. The van der Waals surface area contributed by atoms with Crippen molar-refractivity contribution in [1.82, 2.24) is 4.90 Å². The zero-order valence-corrected chi connectivity index (χ0v) is 14.4. The maximum absolute atomic E-state index is 12.5. The number of anilines is 1. The monoisotopic (exact) mass is 336 g/mol. The quantitative estimate of drug-likeness (QED) is 0.864. The van der Waals surface area contributed by atoms with E-state index in [1.807, 2.05) is 35.2 Å². The molecule has 1 amide bonds. The Balaban J connectivity index is 1.50. The van der Waals surface area contributed by atoms with Crippen LogP contribution in [0.4, 0.5) is 5.69 Å². The number of para-hydroxylation sites is 1. The minimum Gasteiger partial charge on any atom is -0.371 e.